The Hall–Kier alpha value is -1.75. The van der Waals surface area contributed by atoms with Gasteiger partial charge in [0.05, 0.1) is 5.69 Å². The third kappa shape index (κ3) is 3.13. The predicted molar refractivity (Wildman–Crippen MR) is 83.8 cm³/mol. The van der Waals surface area contributed by atoms with E-state index in [1.807, 2.05) is 6.92 Å². The summed E-state index contributed by atoms with van der Waals surface area (Å²) in [5, 5.41) is 15.2. The first kappa shape index (κ1) is 15.6. The van der Waals surface area contributed by atoms with Crippen LogP contribution in [0.25, 0.3) is 0 Å². The summed E-state index contributed by atoms with van der Waals surface area (Å²) in [6.07, 6.45) is 4.75. The molecule has 0 heterocycles. The first-order valence-corrected chi connectivity index (χ1v) is 7.49. The van der Waals surface area contributed by atoms with Crippen LogP contribution in [0.3, 0.4) is 0 Å². The van der Waals surface area contributed by atoms with E-state index in [1.54, 1.807) is 18.2 Å². The van der Waals surface area contributed by atoms with Crippen molar-refractivity contribution in [3.05, 3.63) is 28.8 Å². The molecule has 6 heteroatoms. The van der Waals surface area contributed by atoms with Crippen molar-refractivity contribution in [2.45, 2.75) is 39.0 Å². The van der Waals surface area contributed by atoms with Crippen molar-refractivity contribution < 1.29 is 10.0 Å². The van der Waals surface area contributed by atoms with E-state index in [4.69, 9.17) is 22.5 Å². The summed E-state index contributed by atoms with van der Waals surface area (Å²) in [7, 11) is 0. The van der Waals surface area contributed by atoms with E-state index in [0.717, 1.165) is 32.1 Å². The summed E-state index contributed by atoms with van der Waals surface area (Å²) < 4.78 is 0. The molecule has 0 aliphatic heterocycles. The van der Waals surface area contributed by atoms with Gasteiger partial charge in [-0.1, -0.05) is 36.5 Å². The molecule has 0 atom stereocenters. The Balaban J connectivity index is 2.30. The standard InChI is InChI=1S/C15H20ClN3O2/c1-2-15(7-3-4-8-15)14(20)18-12-9-10(16)5-6-11(12)13(17)19-21/h5-6,9,21H,2-4,7-8H2,1H3,(H2,17,19)(H,18,20). The third-order valence-electron chi connectivity index (χ3n) is 4.33. The number of benzene rings is 1. The molecule has 5 nitrogen and oxygen atoms in total. The second kappa shape index (κ2) is 6.35. The molecule has 0 unspecified atom stereocenters. The molecule has 1 aromatic rings. The average molecular weight is 310 g/mol. The van der Waals surface area contributed by atoms with Crippen molar-refractivity contribution in [2.75, 3.05) is 5.32 Å². The Kier molecular flexibility index (Phi) is 4.73. The fourth-order valence-electron chi connectivity index (χ4n) is 2.94. The van der Waals surface area contributed by atoms with E-state index in [9.17, 15) is 4.79 Å². The van der Waals surface area contributed by atoms with Crippen molar-refractivity contribution >= 4 is 29.0 Å². The van der Waals surface area contributed by atoms with Gasteiger partial charge in [0.1, 0.15) is 0 Å². The van der Waals surface area contributed by atoms with Gasteiger partial charge in [0.25, 0.3) is 0 Å². The van der Waals surface area contributed by atoms with Crippen LogP contribution in [0, 0.1) is 5.41 Å². The van der Waals surface area contributed by atoms with Gasteiger partial charge in [-0.05, 0) is 37.5 Å². The lowest BCUT2D eigenvalue weighted by Crippen LogP contribution is -2.34. The first-order valence-electron chi connectivity index (χ1n) is 7.11. The van der Waals surface area contributed by atoms with Crippen LogP contribution >= 0.6 is 11.6 Å². The molecule has 0 bridgehead atoms. The van der Waals surface area contributed by atoms with Crippen molar-refractivity contribution in [3.8, 4) is 0 Å². The fourth-order valence-corrected chi connectivity index (χ4v) is 3.12. The second-order valence-electron chi connectivity index (χ2n) is 5.47. The van der Waals surface area contributed by atoms with Crippen LogP contribution in [-0.2, 0) is 4.79 Å². The highest BCUT2D eigenvalue weighted by atomic mass is 35.5. The van der Waals surface area contributed by atoms with Crippen molar-refractivity contribution in [2.24, 2.45) is 16.3 Å². The Labute approximate surface area is 129 Å². The SMILES string of the molecule is CCC1(C(=O)Nc2cc(Cl)ccc2/C(N)=N/O)CCCC1. The van der Waals surface area contributed by atoms with Crippen LogP contribution in [0.2, 0.25) is 5.02 Å². The molecule has 0 spiro atoms. The van der Waals surface area contributed by atoms with E-state index in [-0.39, 0.29) is 17.2 Å². The molecule has 4 N–H and O–H groups in total. The monoisotopic (exact) mass is 309 g/mol. The fraction of sp³-hybridized carbons (Fsp3) is 0.467. The minimum absolute atomic E-state index is 0.0169. The number of hydrogen-bond acceptors (Lipinski definition) is 3. The lowest BCUT2D eigenvalue weighted by molar-refractivity contribution is -0.125. The summed E-state index contributed by atoms with van der Waals surface area (Å²) in [4.78, 5) is 12.6. The molecule has 0 aromatic heterocycles. The molecule has 0 saturated heterocycles. The zero-order valence-electron chi connectivity index (χ0n) is 12.0. The Morgan fingerprint density at radius 3 is 2.71 bits per heavy atom. The zero-order chi connectivity index (χ0) is 15.5. The molecule has 2 rings (SSSR count). The van der Waals surface area contributed by atoms with Crippen LogP contribution in [0.5, 0.6) is 0 Å². The minimum Gasteiger partial charge on any atom is -0.409 e. The van der Waals surface area contributed by atoms with E-state index in [2.05, 4.69) is 10.5 Å². The molecule has 0 radical (unpaired) electrons. The molecule has 1 aliphatic carbocycles. The molecular formula is C15H20ClN3O2. The molecular weight excluding hydrogens is 290 g/mol. The summed E-state index contributed by atoms with van der Waals surface area (Å²) in [6.45, 7) is 2.04. The lowest BCUT2D eigenvalue weighted by Gasteiger charge is -2.26. The average Bonchev–Trinajstić information content (AvgIpc) is 2.97. The summed E-state index contributed by atoms with van der Waals surface area (Å²) in [5.74, 6) is -0.0734. The van der Waals surface area contributed by atoms with Gasteiger partial charge in [-0.2, -0.15) is 0 Å². The van der Waals surface area contributed by atoms with Gasteiger partial charge in [0.2, 0.25) is 5.91 Å². The van der Waals surface area contributed by atoms with Gasteiger partial charge in [0, 0.05) is 16.0 Å². The number of nitrogens with zero attached hydrogens (tertiary/aromatic N) is 1. The van der Waals surface area contributed by atoms with E-state index in [1.165, 1.54) is 0 Å². The molecule has 1 amide bonds. The van der Waals surface area contributed by atoms with Crippen LogP contribution in [0.4, 0.5) is 5.69 Å². The first-order chi connectivity index (χ1) is 10.0. The third-order valence-corrected chi connectivity index (χ3v) is 4.57. The summed E-state index contributed by atoms with van der Waals surface area (Å²) in [5.41, 5.74) is 6.26. The smallest absolute Gasteiger partial charge is 0.230 e. The zero-order valence-corrected chi connectivity index (χ0v) is 12.8. The van der Waals surface area contributed by atoms with E-state index < -0.39 is 0 Å². The highest BCUT2D eigenvalue weighted by Gasteiger charge is 2.39. The topological polar surface area (TPSA) is 87.7 Å². The van der Waals surface area contributed by atoms with Crippen LogP contribution in [0.1, 0.15) is 44.6 Å². The molecule has 1 fully saturated rings. The van der Waals surface area contributed by atoms with E-state index >= 15 is 0 Å². The maximum absolute atomic E-state index is 12.6. The molecule has 21 heavy (non-hydrogen) atoms. The quantitative estimate of drug-likeness (QED) is 0.345. The maximum Gasteiger partial charge on any atom is 0.230 e. The normalized spacial score (nSPS) is 17.7. The van der Waals surface area contributed by atoms with Gasteiger partial charge in [0.15, 0.2) is 5.84 Å². The second-order valence-corrected chi connectivity index (χ2v) is 5.91. The van der Waals surface area contributed by atoms with E-state index in [0.29, 0.717) is 16.3 Å². The van der Waals surface area contributed by atoms with Crippen molar-refractivity contribution in [3.63, 3.8) is 0 Å². The highest BCUT2D eigenvalue weighted by Crippen LogP contribution is 2.42. The highest BCUT2D eigenvalue weighted by molar-refractivity contribution is 6.31. The number of nitrogens with two attached hydrogens (primary N) is 1. The van der Waals surface area contributed by atoms with Gasteiger partial charge in [-0.25, -0.2) is 0 Å². The summed E-state index contributed by atoms with van der Waals surface area (Å²) in [6, 6.07) is 4.88. The minimum atomic E-state index is -0.315. The number of amides is 1. The number of amidine groups is 1. The number of nitrogens with one attached hydrogen (secondary N) is 1. The Morgan fingerprint density at radius 2 is 2.14 bits per heavy atom. The molecule has 1 saturated carbocycles. The molecule has 1 aromatic carbocycles. The van der Waals surface area contributed by atoms with Gasteiger partial charge < -0.3 is 16.3 Å². The van der Waals surface area contributed by atoms with Gasteiger partial charge in [-0.15, -0.1) is 0 Å². The Morgan fingerprint density at radius 1 is 1.48 bits per heavy atom. The number of anilines is 1. The molecule has 114 valence electrons. The molecule has 1 aliphatic rings. The summed E-state index contributed by atoms with van der Waals surface area (Å²) >= 11 is 5.98. The number of carbonyl (C=O) groups excluding carboxylic acids is 1. The van der Waals surface area contributed by atoms with Gasteiger partial charge >= 0.3 is 0 Å². The van der Waals surface area contributed by atoms with Crippen molar-refractivity contribution in [1.29, 1.82) is 0 Å². The number of hydrogen-bond donors (Lipinski definition) is 3. The van der Waals surface area contributed by atoms with Crippen molar-refractivity contribution in [1.82, 2.24) is 0 Å². The number of rotatable bonds is 4. The lowest BCUT2D eigenvalue weighted by atomic mass is 9.82. The van der Waals surface area contributed by atoms with Crippen LogP contribution in [-0.4, -0.2) is 17.0 Å². The number of oxime groups is 1. The number of carbonyl (C=O) groups is 1. The van der Waals surface area contributed by atoms with Gasteiger partial charge in [-0.3, -0.25) is 4.79 Å². The van der Waals surface area contributed by atoms with Crippen LogP contribution in [0.15, 0.2) is 23.4 Å². The predicted octanol–water partition coefficient (Wildman–Crippen LogP) is 3.34. The largest absolute Gasteiger partial charge is 0.409 e. The Bertz CT molecular complexity index is 566. The number of halogens is 1. The maximum atomic E-state index is 12.6. The van der Waals surface area contributed by atoms with Crippen LogP contribution < -0.4 is 11.1 Å².